The van der Waals surface area contributed by atoms with Crippen molar-refractivity contribution >= 4 is 40.5 Å². The molecule has 0 saturated heterocycles. The van der Waals surface area contributed by atoms with Crippen LogP contribution in [0.2, 0.25) is 0 Å². The summed E-state index contributed by atoms with van der Waals surface area (Å²) in [5, 5.41) is -0.406. The Hall–Kier alpha value is -2.27. The highest BCUT2D eigenvalue weighted by Gasteiger charge is 2.40. The van der Waals surface area contributed by atoms with E-state index in [0.29, 0.717) is 5.56 Å². The first-order valence-electron chi connectivity index (χ1n) is 6.65. The van der Waals surface area contributed by atoms with Gasteiger partial charge in [0.1, 0.15) is 11.7 Å². The second kappa shape index (κ2) is 6.23. The summed E-state index contributed by atoms with van der Waals surface area (Å²) in [7, 11) is 0. The zero-order valence-corrected chi connectivity index (χ0v) is 12.8. The molecule has 1 aromatic rings. The number of fused-ring (bicyclic) bond motifs is 1. The Bertz CT molecular complexity index is 717. The fraction of sp³-hybridized carbons (Fsp3) is 0.250. The number of rotatable bonds is 4. The van der Waals surface area contributed by atoms with Crippen molar-refractivity contribution < 1.29 is 23.9 Å². The SMILES string of the molecule is CCOC(=O)[C@@H](C(C)=O)C1=C(Cl)C(=O)C(=O)c2ccccc21. The van der Waals surface area contributed by atoms with Crippen LogP contribution in [0.25, 0.3) is 5.57 Å². The molecule has 22 heavy (non-hydrogen) atoms. The number of allylic oxidation sites excluding steroid dienone is 1. The van der Waals surface area contributed by atoms with Crippen molar-refractivity contribution in [2.75, 3.05) is 6.61 Å². The predicted octanol–water partition coefficient (Wildman–Crippen LogP) is 2.17. The largest absolute Gasteiger partial charge is 0.465 e. The maximum absolute atomic E-state index is 12.1. The number of carbonyl (C=O) groups excluding carboxylic acids is 4. The fourth-order valence-electron chi connectivity index (χ4n) is 2.37. The van der Waals surface area contributed by atoms with Gasteiger partial charge >= 0.3 is 5.97 Å². The minimum Gasteiger partial charge on any atom is -0.465 e. The van der Waals surface area contributed by atoms with E-state index in [4.69, 9.17) is 16.3 Å². The number of hydrogen-bond acceptors (Lipinski definition) is 5. The molecule has 0 heterocycles. The van der Waals surface area contributed by atoms with Crippen LogP contribution in [-0.2, 0) is 19.1 Å². The summed E-state index contributed by atoms with van der Waals surface area (Å²) < 4.78 is 4.90. The molecule has 0 unspecified atom stereocenters. The number of ether oxygens (including phenoxy) is 1. The second-order valence-corrected chi connectivity index (χ2v) is 5.11. The van der Waals surface area contributed by atoms with Crippen LogP contribution >= 0.6 is 11.6 Å². The molecule has 1 atom stereocenters. The topological polar surface area (TPSA) is 77.5 Å². The van der Waals surface area contributed by atoms with E-state index in [1.165, 1.54) is 13.0 Å². The maximum Gasteiger partial charge on any atom is 0.321 e. The third-order valence-corrected chi connectivity index (χ3v) is 3.70. The summed E-state index contributed by atoms with van der Waals surface area (Å²) in [6.07, 6.45) is 0. The zero-order valence-electron chi connectivity index (χ0n) is 12.0. The molecule has 0 N–H and O–H groups in total. The van der Waals surface area contributed by atoms with E-state index in [1.807, 2.05) is 0 Å². The van der Waals surface area contributed by atoms with Crippen LogP contribution in [0.4, 0.5) is 0 Å². The van der Waals surface area contributed by atoms with Gasteiger partial charge in [-0.3, -0.25) is 19.2 Å². The van der Waals surface area contributed by atoms with Crippen molar-refractivity contribution in [3.8, 4) is 0 Å². The third kappa shape index (κ3) is 2.60. The van der Waals surface area contributed by atoms with Crippen LogP contribution in [-0.4, -0.2) is 29.9 Å². The highest BCUT2D eigenvalue weighted by molar-refractivity contribution is 6.64. The predicted molar refractivity (Wildman–Crippen MR) is 79.4 cm³/mol. The van der Waals surface area contributed by atoms with Crippen LogP contribution in [0.5, 0.6) is 0 Å². The van der Waals surface area contributed by atoms with E-state index in [-0.39, 0.29) is 17.7 Å². The molecular weight excluding hydrogens is 308 g/mol. The molecule has 0 aliphatic heterocycles. The van der Waals surface area contributed by atoms with Crippen LogP contribution in [0.15, 0.2) is 29.3 Å². The molecule has 0 saturated carbocycles. The van der Waals surface area contributed by atoms with E-state index in [9.17, 15) is 19.2 Å². The Kier molecular flexibility index (Phi) is 4.56. The van der Waals surface area contributed by atoms with Gasteiger partial charge < -0.3 is 4.74 Å². The lowest BCUT2D eigenvalue weighted by atomic mass is 9.81. The molecule has 114 valence electrons. The molecule has 6 heteroatoms. The monoisotopic (exact) mass is 320 g/mol. The minimum absolute atomic E-state index is 0.0350. The van der Waals surface area contributed by atoms with E-state index in [1.54, 1.807) is 25.1 Å². The highest BCUT2D eigenvalue weighted by atomic mass is 35.5. The Balaban J connectivity index is 2.69. The molecule has 0 fully saturated rings. The summed E-state index contributed by atoms with van der Waals surface area (Å²) in [5.74, 6) is -4.31. The summed E-state index contributed by atoms with van der Waals surface area (Å²) in [5.41, 5.74) is 0.473. The van der Waals surface area contributed by atoms with E-state index in [2.05, 4.69) is 0 Å². The molecule has 0 amide bonds. The third-order valence-electron chi connectivity index (χ3n) is 3.32. The van der Waals surface area contributed by atoms with Gasteiger partial charge in [-0.2, -0.15) is 0 Å². The minimum atomic E-state index is -1.33. The second-order valence-electron chi connectivity index (χ2n) is 4.73. The summed E-state index contributed by atoms with van der Waals surface area (Å²) in [6, 6.07) is 6.23. The van der Waals surface area contributed by atoms with E-state index < -0.39 is 34.3 Å². The first kappa shape index (κ1) is 16.1. The number of ketones is 3. The van der Waals surface area contributed by atoms with Gasteiger partial charge in [-0.1, -0.05) is 35.9 Å². The molecule has 0 spiro atoms. The standard InChI is InChI=1S/C16H13ClO5/c1-3-22-16(21)11(8(2)18)12-9-6-4-5-7-10(9)14(19)15(20)13(12)17/h4-7,11H,3H2,1-2H3/t11-/m0/s1. The van der Waals surface area contributed by atoms with Gasteiger partial charge in [0.2, 0.25) is 11.6 Å². The lowest BCUT2D eigenvalue weighted by Gasteiger charge is -2.23. The Labute approximate surface area is 131 Å². The fourth-order valence-corrected chi connectivity index (χ4v) is 2.67. The van der Waals surface area contributed by atoms with Gasteiger partial charge in [-0.25, -0.2) is 0 Å². The molecule has 0 radical (unpaired) electrons. The van der Waals surface area contributed by atoms with Gasteiger partial charge in [-0.05, 0) is 19.4 Å². The first-order chi connectivity index (χ1) is 10.4. The molecule has 2 rings (SSSR count). The average molecular weight is 321 g/mol. The molecule has 1 aromatic carbocycles. The molecule has 0 bridgehead atoms. The van der Waals surface area contributed by atoms with E-state index in [0.717, 1.165) is 0 Å². The number of carbonyl (C=O) groups is 4. The van der Waals surface area contributed by atoms with Gasteiger partial charge in [-0.15, -0.1) is 0 Å². The number of esters is 1. The summed E-state index contributed by atoms with van der Waals surface area (Å²) >= 11 is 5.99. The van der Waals surface area contributed by atoms with Crippen LogP contribution in [0.3, 0.4) is 0 Å². The average Bonchev–Trinajstić information content (AvgIpc) is 2.49. The van der Waals surface area contributed by atoms with E-state index >= 15 is 0 Å². The van der Waals surface area contributed by atoms with Crippen molar-refractivity contribution in [3.63, 3.8) is 0 Å². The first-order valence-corrected chi connectivity index (χ1v) is 7.03. The van der Waals surface area contributed by atoms with Gasteiger partial charge in [0.25, 0.3) is 0 Å². The van der Waals surface area contributed by atoms with Crippen molar-refractivity contribution in [1.82, 2.24) is 0 Å². The highest BCUT2D eigenvalue weighted by Crippen LogP contribution is 2.37. The molecular formula is C16H13ClO5. The number of benzene rings is 1. The lowest BCUT2D eigenvalue weighted by Crippen LogP contribution is -2.31. The van der Waals surface area contributed by atoms with Crippen molar-refractivity contribution in [2.24, 2.45) is 5.92 Å². The number of Topliss-reactive ketones (excluding diaryl/α,β-unsaturated/α-hetero) is 3. The quantitative estimate of drug-likeness (QED) is 0.482. The van der Waals surface area contributed by atoms with Gasteiger partial charge in [0.05, 0.1) is 11.6 Å². The maximum atomic E-state index is 12.1. The van der Waals surface area contributed by atoms with Crippen LogP contribution < -0.4 is 0 Å². The van der Waals surface area contributed by atoms with Crippen molar-refractivity contribution in [2.45, 2.75) is 13.8 Å². The molecule has 1 aliphatic carbocycles. The van der Waals surface area contributed by atoms with Crippen molar-refractivity contribution in [3.05, 3.63) is 40.4 Å². The van der Waals surface area contributed by atoms with Crippen molar-refractivity contribution in [1.29, 1.82) is 0 Å². The normalized spacial score (nSPS) is 15.4. The van der Waals surface area contributed by atoms with Crippen LogP contribution in [0, 0.1) is 5.92 Å². The molecule has 5 nitrogen and oxygen atoms in total. The Morgan fingerprint density at radius 1 is 1.14 bits per heavy atom. The smallest absolute Gasteiger partial charge is 0.321 e. The molecule has 1 aliphatic rings. The zero-order chi connectivity index (χ0) is 16.4. The molecule has 0 aromatic heterocycles. The Morgan fingerprint density at radius 2 is 1.73 bits per heavy atom. The number of hydrogen-bond donors (Lipinski definition) is 0. The summed E-state index contributed by atoms with van der Waals surface area (Å²) in [6.45, 7) is 2.90. The number of halogens is 1. The lowest BCUT2D eigenvalue weighted by molar-refractivity contribution is -0.148. The van der Waals surface area contributed by atoms with Crippen LogP contribution in [0.1, 0.15) is 29.8 Å². The summed E-state index contributed by atoms with van der Waals surface area (Å²) in [4.78, 5) is 48.0. The van der Waals surface area contributed by atoms with Gasteiger partial charge in [0, 0.05) is 11.1 Å². The Morgan fingerprint density at radius 3 is 2.27 bits per heavy atom. The van der Waals surface area contributed by atoms with Gasteiger partial charge in [0.15, 0.2) is 0 Å².